The van der Waals surface area contributed by atoms with Crippen LogP contribution in [0.4, 0.5) is 0 Å². The summed E-state index contributed by atoms with van der Waals surface area (Å²) in [6.45, 7) is 0.337. The molecule has 0 bridgehead atoms. The van der Waals surface area contributed by atoms with Crippen LogP contribution in [-0.2, 0) is 14.2 Å². The maximum absolute atomic E-state index is 11.1. The minimum absolute atomic E-state index is 0.276. The van der Waals surface area contributed by atoms with Crippen molar-refractivity contribution in [2.75, 3.05) is 13.9 Å². The highest BCUT2D eigenvalue weighted by Gasteiger charge is 2.20. The maximum atomic E-state index is 11.1. The normalized spacial score (nSPS) is 16.1. The van der Waals surface area contributed by atoms with Gasteiger partial charge in [-0.3, -0.25) is 0 Å². The average molecular weight is 194 g/mol. The van der Waals surface area contributed by atoms with Crippen molar-refractivity contribution in [1.82, 2.24) is 0 Å². The fraction of sp³-hybridized carbons (Fsp3) is 0.300. The zero-order chi connectivity index (χ0) is 9.97. The molecular formula is C10H10O4. The van der Waals surface area contributed by atoms with Crippen molar-refractivity contribution in [1.29, 1.82) is 0 Å². The first-order chi connectivity index (χ1) is 6.81. The van der Waals surface area contributed by atoms with Crippen LogP contribution >= 0.6 is 0 Å². The van der Waals surface area contributed by atoms with Gasteiger partial charge in [-0.1, -0.05) is 12.1 Å². The molecule has 0 radical (unpaired) electrons. The lowest BCUT2D eigenvalue weighted by Gasteiger charge is -2.26. The largest absolute Gasteiger partial charge is 0.465 e. The highest BCUT2D eigenvalue weighted by molar-refractivity contribution is 5.89. The zero-order valence-electron chi connectivity index (χ0n) is 7.73. The average Bonchev–Trinajstić information content (AvgIpc) is 2.15. The first kappa shape index (κ1) is 9.18. The summed E-state index contributed by atoms with van der Waals surface area (Å²) < 4.78 is 14.8. The number of hydrogen-bond donors (Lipinski definition) is 0. The van der Waals surface area contributed by atoms with Gasteiger partial charge in [-0.2, -0.15) is 0 Å². The second-order valence-electron chi connectivity index (χ2n) is 2.90. The first-order valence-electron chi connectivity index (χ1n) is 4.23. The number of benzene rings is 1. The van der Waals surface area contributed by atoms with Crippen LogP contribution in [0.25, 0.3) is 0 Å². The Hall–Kier alpha value is -1.39. The number of ether oxygens (including phenoxy) is 3. The van der Waals surface area contributed by atoms with E-state index in [0.29, 0.717) is 12.4 Å². The summed E-state index contributed by atoms with van der Waals surface area (Å²) in [4.78, 5) is 11.1. The van der Waals surface area contributed by atoms with Crippen LogP contribution in [0.2, 0.25) is 0 Å². The van der Waals surface area contributed by atoms with Crippen LogP contribution in [-0.4, -0.2) is 19.9 Å². The van der Waals surface area contributed by atoms with E-state index in [1.807, 2.05) is 0 Å². The molecular weight excluding hydrogens is 184 g/mol. The van der Waals surface area contributed by atoms with Gasteiger partial charge in [0.1, 0.15) is 0 Å². The molecule has 1 saturated heterocycles. The van der Waals surface area contributed by atoms with Crippen molar-refractivity contribution < 1.29 is 19.0 Å². The van der Waals surface area contributed by atoms with Crippen LogP contribution in [0.3, 0.4) is 0 Å². The number of methoxy groups -OCH3 is 1. The predicted molar refractivity (Wildman–Crippen MR) is 47.6 cm³/mol. The van der Waals surface area contributed by atoms with E-state index in [9.17, 15) is 4.79 Å². The molecule has 0 spiro atoms. The lowest BCUT2D eigenvalue weighted by Crippen LogP contribution is -2.22. The number of hydrogen-bond acceptors (Lipinski definition) is 4. The van der Waals surface area contributed by atoms with E-state index in [0.717, 1.165) is 5.56 Å². The monoisotopic (exact) mass is 194 g/mol. The Kier molecular flexibility index (Phi) is 2.47. The summed E-state index contributed by atoms with van der Waals surface area (Å²) in [5, 5.41) is 0. The second kappa shape index (κ2) is 3.77. The number of carbonyl (C=O) groups excluding carboxylic acids is 1. The molecule has 0 aromatic heterocycles. The van der Waals surface area contributed by atoms with E-state index in [2.05, 4.69) is 4.74 Å². The van der Waals surface area contributed by atoms with E-state index < -0.39 is 0 Å². The lowest BCUT2D eigenvalue weighted by atomic mass is 10.1. The van der Waals surface area contributed by atoms with Gasteiger partial charge in [0.05, 0.1) is 12.7 Å². The van der Waals surface area contributed by atoms with Gasteiger partial charge in [0.15, 0.2) is 13.1 Å². The molecule has 1 aliphatic rings. The molecule has 1 fully saturated rings. The molecule has 1 aromatic rings. The Morgan fingerprint density at radius 2 is 2.00 bits per heavy atom. The zero-order valence-corrected chi connectivity index (χ0v) is 7.73. The van der Waals surface area contributed by atoms with Gasteiger partial charge in [0.25, 0.3) is 0 Å². The van der Waals surface area contributed by atoms with Crippen LogP contribution in [0.1, 0.15) is 22.2 Å². The Balaban J connectivity index is 2.13. The molecule has 0 amide bonds. The Bertz CT molecular complexity index is 326. The molecule has 0 N–H and O–H groups in total. The third-order valence-corrected chi connectivity index (χ3v) is 2.04. The van der Waals surface area contributed by atoms with Crippen LogP contribution < -0.4 is 0 Å². The molecule has 0 saturated carbocycles. The van der Waals surface area contributed by atoms with Gasteiger partial charge in [0.2, 0.25) is 0 Å². The van der Waals surface area contributed by atoms with Crippen LogP contribution in [0, 0.1) is 0 Å². The number of carbonyl (C=O) groups is 1. The molecule has 2 rings (SSSR count). The fourth-order valence-corrected chi connectivity index (χ4v) is 1.22. The third-order valence-electron chi connectivity index (χ3n) is 2.04. The molecule has 0 aliphatic carbocycles. The molecule has 74 valence electrons. The quantitative estimate of drug-likeness (QED) is 0.669. The van der Waals surface area contributed by atoms with Gasteiger partial charge in [-0.25, -0.2) is 4.79 Å². The van der Waals surface area contributed by atoms with Crippen LogP contribution in [0.5, 0.6) is 0 Å². The molecule has 4 nitrogen and oxygen atoms in total. The van der Waals surface area contributed by atoms with Gasteiger partial charge < -0.3 is 14.2 Å². The molecule has 0 unspecified atom stereocenters. The summed E-state index contributed by atoms with van der Waals surface area (Å²) in [5.41, 5.74) is 1.43. The van der Waals surface area contributed by atoms with Crippen LogP contribution in [0.15, 0.2) is 24.3 Å². The summed E-state index contributed by atoms with van der Waals surface area (Å²) in [6, 6.07) is 6.95. The second-order valence-corrected chi connectivity index (χ2v) is 2.90. The summed E-state index contributed by atoms with van der Waals surface area (Å²) >= 11 is 0. The van der Waals surface area contributed by atoms with Crippen molar-refractivity contribution >= 4 is 5.97 Å². The van der Waals surface area contributed by atoms with E-state index in [4.69, 9.17) is 9.47 Å². The SMILES string of the molecule is COC(=O)c1ccc(C2OCO2)cc1. The van der Waals surface area contributed by atoms with E-state index in [-0.39, 0.29) is 12.3 Å². The minimum Gasteiger partial charge on any atom is -0.465 e. The molecule has 1 heterocycles. The maximum Gasteiger partial charge on any atom is 0.337 e. The summed E-state index contributed by atoms with van der Waals surface area (Å²) in [5.74, 6) is -0.341. The molecule has 4 heteroatoms. The van der Waals surface area contributed by atoms with E-state index in [1.54, 1.807) is 24.3 Å². The van der Waals surface area contributed by atoms with E-state index >= 15 is 0 Å². The number of esters is 1. The van der Waals surface area contributed by atoms with Crippen molar-refractivity contribution in [3.8, 4) is 0 Å². The Labute approximate surface area is 81.4 Å². The van der Waals surface area contributed by atoms with Gasteiger partial charge in [0, 0.05) is 5.56 Å². The molecule has 1 aromatic carbocycles. The molecule has 14 heavy (non-hydrogen) atoms. The standard InChI is InChI=1S/C10H10O4/c1-12-9(11)7-2-4-8(5-3-7)10-13-6-14-10/h2-5,10H,6H2,1H3. The van der Waals surface area contributed by atoms with Gasteiger partial charge in [-0.05, 0) is 12.1 Å². The molecule has 1 aliphatic heterocycles. The first-order valence-corrected chi connectivity index (χ1v) is 4.23. The number of rotatable bonds is 2. The Morgan fingerprint density at radius 3 is 2.43 bits per heavy atom. The van der Waals surface area contributed by atoms with Gasteiger partial charge in [-0.15, -0.1) is 0 Å². The van der Waals surface area contributed by atoms with E-state index in [1.165, 1.54) is 7.11 Å². The highest BCUT2D eigenvalue weighted by Crippen LogP contribution is 2.26. The lowest BCUT2D eigenvalue weighted by molar-refractivity contribution is -0.326. The summed E-state index contributed by atoms with van der Waals surface area (Å²) in [6.07, 6.45) is -0.276. The van der Waals surface area contributed by atoms with Crippen molar-refractivity contribution in [3.63, 3.8) is 0 Å². The predicted octanol–water partition coefficient (Wildman–Crippen LogP) is 1.48. The van der Waals surface area contributed by atoms with Crippen molar-refractivity contribution in [3.05, 3.63) is 35.4 Å². The van der Waals surface area contributed by atoms with Crippen molar-refractivity contribution in [2.45, 2.75) is 6.29 Å². The van der Waals surface area contributed by atoms with Gasteiger partial charge >= 0.3 is 5.97 Å². The third kappa shape index (κ3) is 1.62. The fourth-order valence-electron chi connectivity index (χ4n) is 1.22. The topological polar surface area (TPSA) is 44.8 Å². The smallest absolute Gasteiger partial charge is 0.337 e. The molecule has 0 atom stereocenters. The van der Waals surface area contributed by atoms with Crippen molar-refractivity contribution in [2.24, 2.45) is 0 Å². The highest BCUT2D eigenvalue weighted by atomic mass is 16.8. The Morgan fingerprint density at radius 1 is 1.36 bits per heavy atom. The summed E-state index contributed by atoms with van der Waals surface area (Å²) in [7, 11) is 1.36. The minimum atomic E-state index is -0.341.